The van der Waals surface area contributed by atoms with Gasteiger partial charge in [-0.15, -0.1) is 0 Å². The van der Waals surface area contributed by atoms with Crippen LogP contribution in [-0.4, -0.2) is 27.4 Å². The molecule has 4 nitrogen and oxygen atoms in total. The van der Waals surface area contributed by atoms with E-state index in [4.69, 9.17) is 14.2 Å². The predicted molar refractivity (Wildman–Crippen MR) is 99.9 cm³/mol. The molecule has 0 saturated heterocycles. The van der Waals surface area contributed by atoms with Gasteiger partial charge in [-0.25, -0.2) is 0 Å². The van der Waals surface area contributed by atoms with Gasteiger partial charge < -0.3 is 19.5 Å². The fourth-order valence-electron chi connectivity index (χ4n) is 3.40. The summed E-state index contributed by atoms with van der Waals surface area (Å²) >= 11 is 0. The van der Waals surface area contributed by atoms with Gasteiger partial charge in [-0.05, 0) is 42.2 Å². The minimum absolute atomic E-state index is 0.137. The van der Waals surface area contributed by atoms with Gasteiger partial charge in [-0.1, -0.05) is 31.5 Å². The van der Waals surface area contributed by atoms with Crippen molar-refractivity contribution in [2.45, 2.75) is 32.2 Å². The van der Waals surface area contributed by atoms with Crippen LogP contribution >= 0.6 is 0 Å². The van der Waals surface area contributed by atoms with Crippen molar-refractivity contribution in [2.75, 3.05) is 27.4 Å². The van der Waals surface area contributed by atoms with Crippen molar-refractivity contribution in [1.82, 2.24) is 5.32 Å². The van der Waals surface area contributed by atoms with E-state index in [1.165, 1.54) is 16.7 Å². The Morgan fingerprint density at radius 1 is 1.12 bits per heavy atom. The molecule has 0 fully saturated rings. The molecule has 1 N–H and O–H groups in total. The van der Waals surface area contributed by atoms with Gasteiger partial charge in [0.1, 0.15) is 5.75 Å². The highest BCUT2D eigenvalue weighted by Crippen LogP contribution is 2.40. The molecule has 2 aromatic rings. The molecule has 1 atom stereocenters. The van der Waals surface area contributed by atoms with Crippen LogP contribution < -0.4 is 19.5 Å². The summed E-state index contributed by atoms with van der Waals surface area (Å²) in [5, 5.41) is 3.62. The Labute approximate surface area is 150 Å². The van der Waals surface area contributed by atoms with E-state index in [0.29, 0.717) is 0 Å². The second kappa shape index (κ2) is 8.26. The number of hydrogen-bond donors (Lipinski definition) is 1. The maximum absolute atomic E-state index is 5.87. The van der Waals surface area contributed by atoms with Gasteiger partial charge in [0, 0.05) is 12.1 Å². The first-order chi connectivity index (χ1) is 12.3. The molecule has 25 heavy (non-hydrogen) atoms. The van der Waals surface area contributed by atoms with Crippen LogP contribution in [0.15, 0.2) is 36.4 Å². The highest BCUT2D eigenvalue weighted by atomic mass is 16.5. The molecule has 0 saturated carbocycles. The van der Waals surface area contributed by atoms with Crippen molar-refractivity contribution in [3.63, 3.8) is 0 Å². The average molecular weight is 341 g/mol. The summed E-state index contributed by atoms with van der Waals surface area (Å²) in [6.07, 6.45) is 3.14. The van der Waals surface area contributed by atoms with E-state index in [2.05, 4.69) is 36.5 Å². The lowest BCUT2D eigenvalue weighted by Crippen LogP contribution is -2.31. The highest BCUT2D eigenvalue weighted by Gasteiger charge is 2.26. The van der Waals surface area contributed by atoms with Crippen LogP contribution in [0, 0.1) is 0 Å². The Kier molecular flexibility index (Phi) is 5.82. The zero-order valence-corrected chi connectivity index (χ0v) is 15.3. The fourth-order valence-corrected chi connectivity index (χ4v) is 3.40. The summed E-state index contributed by atoms with van der Waals surface area (Å²) in [5.74, 6) is 2.57. The van der Waals surface area contributed by atoms with Gasteiger partial charge >= 0.3 is 0 Å². The van der Waals surface area contributed by atoms with Gasteiger partial charge in [0.15, 0.2) is 11.5 Å². The molecule has 1 heterocycles. The molecule has 3 rings (SSSR count). The van der Waals surface area contributed by atoms with Crippen molar-refractivity contribution < 1.29 is 14.2 Å². The van der Waals surface area contributed by atoms with Crippen LogP contribution in [-0.2, 0) is 6.42 Å². The number of benzene rings is 2. The zero-order valence-electron chi connectivity index (χ0n) is 15.3. The van der Waals surface area contributed by atoms with Crippen molar-refractivity contribution in [1.29, 1.82) is 0 Å². The first-order valence-electron chi connectivity index (χ1n) is 8.98. The van der Waals surface area contributed by atoms with Crippen LogP contribution in [0.2, 0.25) is 0 Å². The smallest absolute Gasteiger partial charge is 0.164 e. The lowest BCUT2D eigenvalue weighted by atomic mass is 9.89. The van der Waals surface area contributed by atoms with E-state index in [1.54, 1.807) is 14.2 Å². The summed E-state index contributed by atoms with van der Waals surface area (Å²) in [5.41, 5.74) is 3.68. The Morgan fingerprint density at radius 3 is 2.76 bits per heavy atom. The van der Waals surface area contributed by atoms with E-state index in [0.717, 1.165) is 49.7 Å². The summed E-state index contributed by atoms with van der Waals surface area (Å²) in [7, 11) is 3.39. The number of nitrogens with one attached hydrogen (secondary N) is 1. The highest BCUT2D eigenvalue weighted by molar-refractivity contribution is 5.54. The average Bonchev–Trinajstić information content (AvgIpc) is 2.67. The maximum Gasteiger partial charge on any atom is 0.164 e. The summed E-state index contributed by atoms with van der Waals surface area (Å²) in [6.45, 7) is 3.84. The molecule has 0 amide bonds. The Morgan fingerprint density at radius 2 is 2.00 bits per heavy atom. The molecule has 4 heteroatoms. The summed E-state index contributed by atoms with van der Waals surface area (Å²) < 4.78 is 17.0. The quantitative estimate of drug-likeness (QED) is 0.769. The van der Waals surface area contributed by atoms with Crippen molar-refractivity contribution in [3.8, 4) is 17.2 Å². The third kappa shape index (κ3) is 3.74. The van der Waals surface area contributed by atoms with Crippen LogP contribution in [0.3, 0.4) is 0 Å². The number of fused-ring (bicyclic) bond motifs is 1. The maximum atomic E-state index is 5.87. The van der Waals surface area contributed by atoms with Crippen LogP contribution in [0.5, 0.6) is 17.2 Å². The third-order valence-corrected chi connectivity index (χ3v) is 4.68. The third-order valence-electron chi connectivity index (χ3n) is 4.68. The molecule has 0 aromatic heterocycles. The Balaban J connectivity index is 1.92. The molecule has 2 aromatic carbocycles. The largest absolute Gasteiger partial charge is 0.494 e. The first kappa shape index (κ1) is 17.6. The normalized spacial score (nSPS) is 16.2. The minimum Gasteiger partial charge on any atom is -0.494 e. The second-order valence-electron chi connectivity index (χ2n) is 6.28. The first-order valence-corrected chi connectivity index (χ1v) is 8.98. The second-order valence-corrected chi connectivity index (χ2v) is 6.28. The number of rotatable bonds is 7. The molecule has 0 spiro atoms. The van der Waals surface area contributed by atoms with Crippen molar-refractivity contribution in [3.05, 3.63) is 53.1 Å². The number of hydrogen-bond acceptors (Lipinski definition) is 4. The van der Waals surface area contributed by atoms with E-state index in [9.17, 15) is 0 Å². The lowest BCUT2D eigenvalue weighted by molar-refractivity contribution is 0.309. The predicted octanol–water partition coefficient (Wildman–Crippen LogP) is 4.12. The number of ether oxygens (including phenoxy) is 3. The topological polar surface area (TPSA) is 39.7 Å². The molecular weight excluding hydrogens is 314 g/mol. The van der Waals surface area contributed by atoms with Crippen molar-refractivity contribution >= 4 is 0 Å². The Hall–Kier alpha value is -2.20. The lowest BCUT2D eigenvalue weighted by Gasteiger charge is -2.29. The van der Waals surface area contributed by atoms with Gasteiger partial charge in [0.05, 0.1) is 26.9 Å². The summed E-state index contributed by atoms with van der Waals surface area (Å²) in [6, 6.07) is 12.6. The molecule has 134 valence electrons. The van der Waals surface area contributed by atoms with E-state index in [1.807, 2.05) is 12.1 Å². The molecule has 1 aliphatic rings. The van der Waals surface area contributed by atoms with E-state index >= 15 is 0 Å². The van der Waals surface area contributed by atoms with E-state index < -0.39 is 0 Å². The molecule has 1 unspecified atom stereocenters. The fraction of sp³-hybridized carbons (Fsp3) is 0.429. The number of methoxy groups -OCH3 is 2. The monoisotopic (exact) mass is 341 g/mol. The number of unbranched alkanes of at least 4 members (excludes halogenated alkanes) is 1. The van der Waals surface area contributed by atoms with Gasteiger partial charge in [0.25, 0.3) is 0 Å². The van der Waals surface area contributed by atoms with Gasteiger partial charge in [-0.3, -0.25) is 0 Å². The van der Waals surface area contributed by atoms with Crippen molar-refractivity contribution in [2.24, 2.45) is 0 Å². The van der Waals surface area contributed by atoms with Gasteiger partial charge in [0.2, 0.25) is 0 Å². The Bertz CT molecular complexity index is 714. The molecule has 0 radical (unpaired) electrons. The minimum atomic E-state index is 0.137. The molecule has 0 aliphatic carbocycles. The SMILES string of the molecule is CCCCOc1cccc(C2NCCc3c2ccc(OC)c3OC)c1. The molecule has 0 bridgehead atoms. The standard InChI is InChI=1S/C21H27NO3/c1-4-5-13-25-16-8-6-7-15(14-16)20-17-9-10-19(23-2)21(24-3)18(17)11-12-22-20/h6-10,14,20,22H,4-5,11-13H2,1-3H3. The molecule has 1 aliphatic heterocycles. The van der Waals surface area contributed by atoms with Gasteiger partial charge in [-0.2, -0.15) is 0 Å². The van der Waals surface area contributed by atoms with Crippen LogP contribution in [0.25, 0.3) is 0 Å². The summed E-state index contributed by atoms with van der Waals surface area (Å²) in [4.78, 5) is 0. The van der Waals surface area contributed by atoms with Crippen LogP contribution in [0.4, 0.5) is 0 Å². The van der Waals surface area contributed by atoms with E-state index in [-0.39, 0.29) is 6.04 Å². The molecular formula is C21H27NO3. The zero-order chi connectivity index (χ0) is 17.6. The van der Waals surface area contributed by atoms with Crippen LogP contribution in [0.1, 0.15) is 42.5 Å².